The van der Waals surface area contributed by atoms with E-state index >= 15 is 0 Å². The maximum atomic E-state index is 13.2. The molecule has 0 saturated carbocycles. The number of carbonyl (C=O) groups excluding carboxylic acids is 2. The lowest BCUT2D eigenvalue weighted by Crippen LogP contribution is -2.49. The van der Waals surface area contributed by atoms with Crippen LogP contribution < -0.4 is 5.32 Å². The van der Waals surface area contributed by atoms with Gasteiger partial charge in [-0.2, -0.15) is 0 Å². The van der Waals surface area contributed by atoms with Crippen LogP contribution in [0.2, 0.25) is 0 Å². The van der Waals surface area contributed by atoms with Gasteiger partial charge < -0.3 is 10.2 Å². The van der Waals surface area contributed by atoms with Crippen LogP contribution >= 0.6 is 11.8 Å². The van der Waals surface area contributed by atoms with E-state index in [1.807, 2.05) is 44.2 Å². The summed E-state index contributed by atoms with van der Waals surface area (Å²) in [6.45, 7) is 5.72. The largest absolute Gasteiger partial charge is 0.352 e. The predicted octanol–water partition coefficient (Wildman–Crippen LogP) is 3.86. The third-order valence-corrected chi connectivity index (χ3v) is 4.97. The molecule has 0 radical (unpaired) electrons. The zero-order valence-electron chi connectivity index (χ0n) is 15.8. The van der Waals surface area contributed by atoms with Gasteiger partial charge in [0.05, 0.1) is 5.75 Å². The third-order valence-electron chi connectivity index (χ3n) is 3.97. The Bertz CT molecular complexity index is 751. The van der Waals surface area contributed by atoms with Crippen molar-refractivity contribution in [2.75, 3.05) is 5.75 Å². The summed E-state index contributed by atoms with van der Waals surface area (Å²) in [5, 5.41) is 2.85. The number of thioether (sulfide) groups is 1. The van der Waals surface area contributed by atoms with Crippen molar-refractivity contribution in [1.82, 2.24) is 10.2 Å². The molecule has 1 atom stereocenters. The normalized spacial score (nSPS) is 11.9. The number of benzene rings is 2. The maximum absolute atomic E-state index is 13.2. The molecule has 0 aliphatic carbocycles. The number of nitrogens with zero attached hydrogens (tertiary/aromatic N) is 1. The summed E-state index contributed by atoms with van der Waals surface area (Å²) in [7, 11) is 0. The first kappa shape index (κ1) is 21.0. The molecular formula is C21H25FN2O2S. The van der Waals surface area contributed by atoms with Gasteiger partial charge in [-0.3, -0.25) is 9.59 Å². The minimum Gasteiger partial charge on any atom is -0.352 e. The molecule has 0 fully saturated rings. The van der Waals surface area contributed by atoms with Crippen molar-refractivity contribution in [2.24, 2.45) is 0 Å². The molecule has 0 saturated heterocycles. The van der Waals surface area contributed by atoms with Crippen LogP contribution in [0, 0.1) is 5.82 Å². The fraction of sp³-hybridized carbons (Fsp3) is 0.333. The molecule has 2 rings (SSSR count). The van der Waals surface area contributed by atoms with Crippen LogP contribution in [0.5, 0.6) is 0 Å². The Balaban J connectivity index is 2.12. The molecule has 0 aliphatic rings. The summed E-state index contributed by atoms with van der Waals surface area (Å²) in [5.41, 5.74) is 0.777. The lowest BCUT2D eigenvalue weighted by molar-refractivity contribution is -0.138. The van der Waals surface area contributed by atoms with Crippen molar-refractivity contribution in [1.29, 1.82) is 0 Å². The van der Waals surface area contributed by atoms with Gasteiger partial charge in [0.1, 0.15) is 11.9 Å². The van der Waals surface area contributed by atoms with E-state index in [1.54, 1.807) is 24.0 Å². The van der Waals surface area contributed by atoms with Crippen molar-refractivity contribution >= 4 is 23.6 Å². The fourth-order valence-corrected chi connectivity index (χ4v) is 3.32. The monoisotopic (exact) mass is 388 g/mol. The highest BCUT2D eigenvalue weighted by atomic mass is 32.2. The van der Waals surface area contributed by atoms with Gasteiger partial charge in [-0.25, -0.2) is 4.39 Å². The number of halogens is 1. The molecule has 0 spiro atoms. The minimum atomic E-state index is -0.624. The van der Waals surface area contributed by atoms with Crippen molar-refractivity contribution in [3.8, 4) is 0 Å². The van der Waals surface area contributed by atoms with Gasteiger partial charge in [0.2, 0.25) is 11.8 Å². The number of nitrogens with one attached hydrogen (secondary N) is 1. The minimum absolute atomic E-state index is 0.0126. The van der Waals surface area contributed by atoms with E-state index < -0.39 is 6.04 Å². The van der Waals surface area contributed by atoms with E-state index in [1.165, 1.54) is 23.9 Å². The van der Waals surface area contributed by atoms with Gasteiger partial charge in [-0.1, -0.05) is 30.3 Å². The quantitative estimate of drug-likeness (QED) is 0.699. The van der Waals surface area contributed by atoms with E-state index in [9.17, 15) is 14.0 Å². The van der Waals surface area contributed by atoms with Crippen LogP contribution in [-0.4, -0.2) is 34.6 Å². The molecule has 6 heteroatoms. The second-order valence-corrected chi connectivity index (χ2v) is 7.64. The first-order valence-electron chi connectivity index (χ1n) is 8.89. The Morgan fingerprint density at radius 1 is 1.04 bits per heavy atom. The van der Waals surface area contributed by atoms with E-state index in [0.29, 0.717) is 0 Å². The summed E-state index contributed by atoms with van der Waals surface area (Å²) in [6, 6.07) is 15.0. The van der Waals surface area contributed by atoms with Crippen molar-refractivity contribution in [3.63, 3.8) is 0 Å². The Labute approximate surface area is 164 Å². The van der Waals surface area contributed by atoms with Crippen LogP contribution in [-0.2, 0) is 16.1 Å². The average molecular weight is 389 g/mol. The Morgan fingerprint density at radius 3 is 2.26 bits per heavy atom. The van der Waals surface area contributed by atoms with Crippen LogP contribution in [0.3, 0.4) is 0 Å². The molecule has 2 aromatic rings. The van der Waals surface area contributed by atoms with Gasteiger partial charge in [0, 0.05) is 17.5 Å². The molecule has 2 aromatic carbocycles. The smallest absolute Gasteiger partial charge is 0.242 e. The molecule has 0 unspecified atom stereocenters. The molecule has 2 amide bonds. The highest BCUT2D eigenvalue weighted by Gasteiger charge is 2.26. The molecule has 4 nitrogen and oxygen atoms in total. The molecule has 144 valence electrons. The summed E-state index contributed by atoms with van der Waals surface area (Å²) in [5.74, 6) is -0.448. The average Bonchev–Trinajstić information content (AvgIpc) is 2.65. The second-order valence-electron chi connectivity index (χ2n) is 6.59. The highest BCUT2D eigenvalue weighted by Crippen LogP contribution is 2.19. The summed E-state index contributed by atoms with van der Waals surface area (Å²) >= 11 is 1.43. The summed E-state index contributed by atoms with van der Waals surface area (Å²) in [4.78, 5) is 27.9. The molecule has 1 N–H and O–H groups in total. The standard InChI is InChI=1S/C21H25FN2O2S/c1-15(2)23-21(26)16(3)24(13-17-9-11-18(22)12-10-17)20(25)14-27-19-7-5-4-6-8-19/h4-12,15-16H,13-14H2,1-3H3,(H,23,26)/t16-/m0/s1. The molecule has 27 heavy (non-hydrogen) atoms. The predicted molar refractivity (Wildman–Crippen MR) is 107 cm³/mol. The first-order valence-corrected chi connectivity index (χ1v) is 9.87. The van der Waals surface area contributed by atoms with Gasteiger partial charge in [-0.15, -0.1) is 11.8 Å². The van der Waals surface area contributed by atoms with Gasteiger partial charge in [0.15, 0.2) is 0 Å². The van der Waals surface area contributed by atoms with E-state index in [-0.39, 0.29) is 36.0 Å². The van der Waals surface area contributed by atoms with Crippen molar-refractivity contribution in [2.45, 2.75) is 44.3 Å². The number of hydrogen-bond acceptors (Lipinski definition) is 3. The SMILES string of the molecule is CC(C)NC(=O)[C@H](C)N(Cc1ccc(F)cc1)C(=O)CSc1ccccc1. The number of carbonyl (C=O) groups is 2. The molecule has 0 bridgehead atoms. The van der Waals surface area contributed by atoms with E-state index in [0.717, 1.165) is 10.5 Å². The van der Waals surface area contributed by atoms with Gasteiger partial charge in [-0.05, 0) is 50.6 Å². The number of rotatable bonds is 8. The van der Waals surface area contributed by atoms with Crippen LogP contribution in [0.25, 0.3) is 0 Å². The number of amides is 2. The lowest BCUT2D eigenvalue weighted by Gasteiger charge is -2.29. The molecule has 0 aliphatic heterocycles. The van der Waals surface area contributed by atoms with Crippen molar-refractivity contribution < 1.29 is 14.0 Å². The third kappa shape index (κ3) is 6.71. The topological polar surface area (TPSA) is 49.4 Å². The molecule has 0 heterocycles. The fourth-order valence-electron chi connectivity index (χ4n) is 2.52. The zero-order chi connectivity index (χ0) is 19.8. The number of hydrogen-bond donors (Lipinski definition) is 1. The highest BCUT2D eigenvalue weighted by molar-refractivity contribution is 8.00. The van der Waals surface area contributed by atoms with Crippen LogP contribution in [0.4, 0.5) is 4.39 Å². The Morgan fingerprint density at radius 2 is 1.67 bits per heavy atom. The summed E-state index contributed by atoms with van der Waals surface area (Å²) in [6.07, 6.45) is 0. The van der Waals surface area contributed by atoms with Crippen LogP contribution in [0.15, 0.2) is 59.5 Å². The summed E-state index contributed by atoms with van der Waals surface area (Å²) < 4.78 is 13.2. The maximum Gasteiger partial charge on any atom is 0.242 e. The van der Waals surface area contributed by atoms with E-state index in [4.69, 9.17) is 0 Å². The van der Waals surface area contributed by atoms with E-state index in [2.05, 4.69) is 5.32 Å². The van der Waals surface area contributed by atoms with Gasteiger partial charge in [0.25, 0.3) is 0 Å². The molecular weight excluding hydrogens is 363 g/mol. The Hall–Kier alpha value is -2.34. The second kappa shape index (κ2) is 10.1. The zero-order valence-corrected chi connectivity index (χ0v) is 16.6. The first-order chi connectivity index (χ1) is 12.9. The molecule has 0 aromatic heterocycles. The lowest BCUT2D eigenvalue weighted by atomic mass is 10.1. The van der Waals surface area contributed by atoms with Crippen molar-refractivity contribution in [3.05, 3.63) is 66.0 Å². The Kier molecular flexibility index (Phi) is 7.85. The van der Waals surface area contributed by atoms with Crippen LogP contribution in [0.1, 0.15) is 26.3 Å². The van der Waals surface area contributed by atoms with Gasteiger partial charge >= 0.3 is 0 Å².